The zero-order valence-corrected chi connectivity index (χ0v) is 19.3. The lowest BCUT2D eigenvalue weighted by molar-refractivity contribution is 1.08. The summed E-state index contributed by atoms with van der Waals surface area (Å²) in [6.45, 7) is 8.93. The van der Waals surface area contributed by atoms with Crippen LogP contribution in [0.1, 0.15) is 74.4 Å². The summed E-state index contributed by atoms with van der Waals surface area (Å²) < 4.78 is 0. The summed E-state index contributed by atoms with van der Waals surface area (Å²) in [7, 11) is 0. The molecule has 0 fully saturated rings. The quantitative estimate of drug-likeness (QED) is 0.361. The van der Waals surface area contributed by atoms with Crippen LogP contribution in [-0.2, 0) is 12.8 Å². The zero-order valence-electron chi connectivity index (χ0n) is 19.3. The predicted molar refractivity (Wildman–Crippen MR) is 136 cm³/mol. The highest BCUT2D eigenvalue weighted by Crippen LogP contribution is 2.37. The Morgan fingerprint density at radius 2 is 1.38 bits per heavy atom. The zero-order chi connectivity index (χ0) is 22.2. The van der Waals surface area contributed by atoms with Crippen LogP contribution in [0, 0.1) is 0 Å². The van der Waals surface area contributed by atoms with Gasteiger partial charge in [-0.2, -0.15) is 0 Å². The highest BCUT2D eigenvalue weighted by atomic mass is 14.8. The molecule has 3 aromatic heterocycles. The summed E-state index contributed by atoms with van der Waals surface area (Å²) in [6.07, 6.45) is 8.00. The van der Waals surface area contributed by atoms with E-state index in [2.05, 4.69) is 86.2 Å². The van der Waals surface area contributed by atoms with Crippen molar-refractivity contribution in [2.24, 2.45) is 0 Å². The molecule has 3 aromatic rings. The van der Waals surface area contributed by atoms with Crippen LogP contribution in [0.15, 0.2) is 36.4 Å². The Morgan fingerprint density at radius 1 is 0.656 bits per heavy atom. The minimum absolute atomic E-state index is 0.931. The van der Waals surface area contributed by atoms with Crippen LogP contribution >= 0.6 is 0 Å². The van der Waals surface area contributed by atoms with Crippen molar-refractivity contribution in [3.8, 4) is 0 Å². The van der Waals surface area contributed by atoms with Gasteiger partial charge >= 0.3 is 0 Å². The lowest BCUT2D eigenvalue weighted by Gasteiger charge is -2.07. The highest BCUT2D eigenvalue weighted by molar-refractivity contribution is 5.94. The van der Waals surface area contributed by atoms with Gasteiger partial charge in [0.1, 0.15) is 0 Å². The van der Waals surface area contributed by atoms with E-state index in [9.17, 15) is 0 Å². The summed E-state index contributed by atoms with van der Waals surface area (Å²) in [5, 5.41) is 0. The molecule has 162 valence electrons. The van der Waals surface area contributed by atoms with Gasteiger partial charge < -0.3 is 9.97 Å². The standard InChI is InChI=1S/C28H30N4/c1-5-17-13-22-15-20-10-9-18(29-20)14-19-11-12-21(30-19)16-26-23(6-2)24(7-3)28(32-26)25(8-4)27(17)31-22/h9-16,29,31H,5-8H2,1-4H3. The third-order valence-corrected chi connectivity index (χ3v) is 6.45. The van der Waals surface area contributed by atoms with Gasteiger partial charge in [-0.05, 0) is 90.9 Å². The molecule has 0 unspecified atom stereocenters. The lowest BCUT2D eigenvalue weighted by Crippen LogP contribution is -1.93. The predicted octanol–water partition coefficient (Wildman–Crippen LogP) is 7.34. The first-order valence-electron chi connectivity index (χ1n) is 11.8. The summed E-state index contributed by atoms with van der Waals surface area (Å²) >= 11 is 0. The second-order valence-corrected chi connectivity index (χ2v) is 8.42. The molecule has 32 heavy (non-hydrogen) atoms. The minimum atomic E-state index is 0.931. The molecule has 0 atom stereocenters. The van der Waals surface area contributed by atoms with Gasteiger partial charge in [-0.3, -0.25) is 0 Å². The topological polar surface area (TPSA) is 57.4 Å². The number of allylic oxidation sites excluding steroid dienone is 2. The molecule has 4 heteroatoms. The van der Waals surface area contributed by atoms with E-state index in [0.717, 1.165) is 65.0 Å². The van der Waals surface area contributed by atoms with E-state index in [-0.39, 0.29) is 0 Å². The Balaban J connectivity index is 1.96. The first-order chi connectivity index (χ1) is 15.6. The Labute approximate surface area is 189 Å². The smallest absolute Gasteiger partial charge is 0.0725 e. The minimum Gasteiger partial charge on any atom is -0.355 e. The van der Waals surface area contributed by atoms with Gasteiger partial charge in [0.25, 0.3) is 0 Å². The number of aromatic amines is 2. The molecule has 0 amide bonds. The number of hydrogen-bond donors (Lipinski definition) is 2. The maximum atomic E-state index is 5.21. The van der Waals surface area contributed by atoms with Gasteiger partial charge in [0, 0.05) is 27.6 Å². The van der Waals surface area contributed by atoms with Crippen LogP contribution in [0.5, 0.6) is 0 Å². The fraction of sp³-hybridized carbons (Fsp3) is 0.286. The van der Waals surface area contributed by atoms with Crippen molar-refractivity contribution >= 4 is 45.4 Å². The van der Waals surface area contributed by atoms with Gasteiger partial charge in [0.15, 0.2) is 0 Å². The van der Waals surface area contributed by atoms with Gasteiger partial charge in [-0.25, -0.2) is 9.97 Å². The van der Waals surface area contributed by atoms with Crippen molar-refractivity contribution in [2.45, 2.75) is 53.4 Å². The Hall–Kier alpha value is -3.40. The third-order valence-electron chi connectivity index (χ3n) is 6.45. The molecule has 5 rings (SSSR count). The molecule has 2 N–H and O–H groups in total. The van der Waals surface area contributed by atoms with Crippen molar-refractivity contribution in [3.05, 3.63) is 70.3 Å². The number of nitrogens with one attached hydrogen (secondary N) is 2. The van der Waals surface area contributed by atoms with Crippen molar-refractivity contribution in [2.75, 3.05) is 0 Å². The largest absolute Gasteiger partial charge is 0.355 e. The molecular weight excluding hydrogens is 392 g/mol. The first-order valence-corrected chi connectivity index (χ1v) is 11.8. The fourth-order valence-corrected chi connectivity index (χ4v) is 4.93. The van der Waals surface area contributed by atoms with E-state index in [1.54, 1.807) is 0 Å². The number of hydrogen-bond acceptors (Lipinski definition) is 2. The maximum Gasteiger partial charge on any atom is 0.0725 e. The number of H-pyrrole nitrogens is 2. The van der Waals surface area contributed by atoms with Crippen LogP contribution in [0.2, 0.25) is 0 Å². The Morgan fingerprint density at radius 3 is 2.06 bits per heavy atom. The SMILES string of the molecule is CCC1=C(CC)c2nc1cc1nc(cc3ccc(cc4cc(CC)c([nH]4)c2CC)[nH]3)C=C1. The second-order valence-electron chi connectivity index (χ2n) is 8.42. The molecule has 0 saturated heterocycles. The highest BCUT2D eigenvalue weighted by Gasteiger charge is 2.21. The van der Waals surface area contributed by atoms with Gasteiger partial charge in [-0.1, -0.05) is 27.7 Å². The third kappa shape index (κ3) is 3.50. The molecule has 0 aromatic carbocycles. The van der Waals surface area contributed by atoms with Crippen LogP contribution < -0.4 is 0 Å². The average Bonchev–Trinajstić information content (AvgIpc) is 3.56. The number of aromatic nitrogens is 4. The van der Waals surface area contributed by atoms with E-state index in [4.69, 9.17) is 9.97 Å². The Bertz CT molecular complexity index is 1410. The lowest BCUT2D eigenvalue weighted by atomic mass is 9.96. The van der Waals surface area contributed by atoms with Gasteiger partial charge in [0.05, 0.1) is 22.8 Å². The van der Waals surface area contributed by atoms with E-state index in [0.29, 0.717) is 0 Å². The molecule has 0 radical (unpaired) electrons. The monoisotopic (exact) mass is 422 g/mol. The fourth-order valence-electron chi connectivity index (χ4n) is 4.93. The van der Waals surface area contributed by atoms with E-state index >= 15 is 0 Å². The molecule has 8 bridgehead atoms. The molecular formula is C28H30N4. The normalized spacial score (nSPS) is 13.2. The molecule has 0 spiro atoms. The van der Waals surface area contributed by atoms with Crippen molar-refractivity contribution < 1.29 is 0 Å². The van der Waals surface area contributed by atoms with E-state index in [1.807, 2.05) is 0 Å². The molecule has 5 heterocycles. The van der Waals surface area contributed by atoms with Gasteiger partial charge in [-0.15, -0.1) is 0 Å². The van der Waals surface area contributed by atoms with Gasteiger partial charge in [0.2, 0.25) is 0 Å². The van der Waals surface area contributed by atoms with E-state index in [1.165, 1.54) is 27.8 Å². The number of rotatable bonds is 4. The van der Waals surface area contributed by atoms with Crippen LogP contribution in [-0.4, -0.2) is 19.9 Å². The summed E-state index contributed by atoms with van der Waals surface area (Å²) in [6, 6.07) is 12.9. The summed E-state index contributed by atoms with van der Waals surface area (Å²) in [4.78, 5) is 17.2. The number of aryl methyl sites for hydroxylation is 2. The van der Waals surface area contributed by atoms with Crippen LogP contribution in [0.3, 0.4) is 0 Å². The van der Waals surface area contributed by atoms with Crippen molar-refractivity contribution in [3.63, 3.8) is 0 Å². The Kier molecular flexibility index (Phi) is 5.30. The summed E-state index contributed by atoms with van der Waals surface area (Å²) in [5.41, 5.74) is 13.9. The number of nitrogens with zero attached hydrogens (tertiary/aromatic N) is 2. The van der Waals surface area contributed by atoms with Crippen LogP contribution in [0.25, 0.3) is 45.4 Å². The summed E-state index contributed by atoms with van der Waals surface area (Å²) in [5.74, 6) is 0. The maximum absolute atomic E-state index is 5.21. The molecule has 2 aliphatic rings. The van der Waals surface area contributed by atoms with E-state index < -0.39 is 0 Å². The molecule has 0 saturated carbocycles. The van der Waals surface area contributed by atoms with Crippen molar-refractivity contribution in [1.82, 2.24) is 19.9 Å². The second kappa shape index (κ2) is 8.27. The average molecular weight is 423 g/mol. The molecule has 2 aliphatic heterocycles. The molecule has 0 aliphatic carbocycles. The van der Waals surface area contributed by atoms with Crippen LogP contribution in [0.4, 0.5) is 0 Å². The first kappa shape index (κ1) is 20.5. The molecule has 4 nitrogen and oxygen atoms in total. The van der Waals surface area contributed by atoms with Crippen molar-refractivity contribution in [1.29, 1.82) is 0 Å². The number of fused-ring (bicyclic) bond motifs is 8.